The molecule has 15 heavy (non-hydrogen) atoms. The fourth-order valence-corrected chi connectivity index (χ4v) is 1.41. The van der Waals surface area contributed by atoms with Crippen LogP contribution < -0.4 is 5.32 Å². The van der Waals surface area contributed by atoms with Gasteiger partial charge in [-0.05, 0) is 12.5 Å². The van der Waals surface area contributed by atoms with Gasteiger partial charge in [0.15, 0.2) is 0 Å². The molecule has 3 nitrogen and oxygen atoms in total. The molecule has 0 bridgehead atoms. The van der Waals surface area contributed by atoms with Gasteiger partial charge in [-0.2, -0.15) is 0 Å². The molecule has 1 aromatic rings. The smallest absolute Gasteiger partial charge is 0.252 e. The first-order chi connectivity index (χ1) is 7.15. The van der Waals surface area contributed by atoms with Gasteiger partial charge in [0.1, 0.15) is 5.15 Å². The van der Waals surface area contributed by atoms with E-state index < -0.39 is 0 Å². The summed E-state index contributed by atoms with van der Waals surface area (Å²) in [5.41, 5.74) is 0.368. The highest BCUT2D eigenvalue weighted by Crippen LogP contribution is 2.17. The Morgan fingerprint density at radius 1 is 1.53 bits per heavy atom. The zero-order valence-corrected chi connectivity index (χ0v) is 9.90. The Morgan fingerprint density at radius 2 is 2.27 bits per heavy atom. The van der Waals surface area contributed by atoms with E-state index in [1.54, 1.807) is 0 Å². The maximum Gasteiger partial charge on any atom is 0.252 e. The fourth-order valence-electron chi connectivity index (χ4n) is 1.06. The van der Waals surface area contributed by atoms with Gasteiger partial charge < -0.3 is 5.32 Å². The molecule has 0 aliphatic heterocycles. The summed E-state index contributed by atoms with van der Waals surface area (Å²) in [4.78, 5) is 15.4. The molecular weight excluding hydrogens is 235 g/mol. The molecule has 0 radical (unpaired) electrons. The molecule has 1 amide bonds. The molecule has 1 rings (SSSR count). The Balaban J connectivity index is 2.68. The number of nitrogens with one attached hydrogen (secondary N) is 1. The van der Waals surface area contributed by atoms with Crippen molar-refractivity contribution >= 4 is 29.1 Å². The second kappa shape index (κ2) is 5.93. The monoisotopic (exact) mass is 246 g/mol. The molecule has 5 heteroatoms. The number of nitrogens with zero attached hydrogens (tertiary/aromatic N) is 1. The molecule has 0 fully saturated rings. The maximum absolute atomic E-state index is 11.6. The van der Waals surface area contributed by atoms with Crippen LogP contribution in [0, 0.1) is 0 Å². The van der Waals surface area contributed by atoms with Crippen molar-refractivity contribution in [3.63, 3.8) is 0 Å². The molecule has 82 valence electrons. The predicted molar refractivity (Wildman–Crippen MR) is 61.5 cm³/mol. The first-order valence-electron chi connectivity index (χ1n) is 4.74. The first-order valence-corrected chi connectivity index (χ1v) is 5.50. The lowest BCUT2D eigenvalue weighted by Gasteiger charge is -2.05. The van der Waals surface area contributed by atoms with Crippen LogP contribution >= 0.6 is 23.2 Å². The summed E-state index contributed by atoms with van der Waals surface area (Å²) in [6.07, 6.45) is 3.35. The van der Waals surface area contributed by atoms with Gasteiger partial charge in [0.05, 0.1) is 10.6 Å². The Morgan fingerprint density at radius 3 is 2.93 bits per heavy atom. The summed E-state index contributed by atoms with van der Waals surface area (Å²) in [6.45, 7) is 2.70. The number of aromatic nitrogens is 1. The standard InChI is InChI=1S/C10H12Cl2N2O/c1-2-3-4-13-10(15)7-5-9(12)14-6-8(7)11/h5-6H,2-4H2,1H3,(H,13,15). The number of rotatable bonds is 4. The summed E-state index contributed by atoms with van der Waals surface area (Å²) in [5.74, 6) is -0.210. The summed E-state index contributed by atoms with van der Waals surface area (Å²) >= 11 is 11.5. The molecule has 0 atom stereocenters. The molecule has 0 unspecified atom stereocenters. The maximum atomic E-state index is 11.6. The van der Waals surface area contributed by atoms with Crippen molar-refractivity contribution in [2.24, 2.45) is 0 Å². The quantitative estimate of drug-likeness (QED) is 0.656. The third kappa shape index (κ3) is 3.68. The van der Waals surface area contributed by atoms with Crippen molar-refractivity contribution in [1.82, 2.24) is 10.3 Å². The van der Waals surface area contributed by atoms with Gasteiger partial charge in [-0.1, -0.05) is 36.5 Å². The lowest BCUT2D eigenvalue weighted by Crippen LogP contribution is -2.24. The van der Waals surface area contributed by atoms with Crippen LogP contribution in [0.5, 0.6) is 0 Å². The minimum absolute atomic E-state index is 0.210. The average Bonchev–Trinajstić information content (AvgIpc) is 2.22. The van der Waals surface area contributed by atoms with Crippen molar-refractivity contribution in [3.8, 4) is 0 Å². The normalized spacial score (nSPS) is 10.1. The molecule has 1 heterocycles. The van der Waals surface area contributed by atoms with Crippen LogP contribution in [-0.4, -0.2) is 17.4 Å². The van der Waals surface area contributed by atoms with Gasteiger partial charge >= 0.3 is 0 Å². The van der Waals surface area contributed by atoms with Gasteiger partial charge in [-0.3, -0.25) is 4.79 Å². The number of unbranched alkanes of at least 4 members (excludes halogenated alkanes) is 1. The van der Waals surface area contributed by atoms with E-state index in [-0.39, 0.29) is 11.1 Å². The van der Waals surface area contributed by atoms with Crippen LogP contribution in [0.4, 0.5) is 0 Å². The Hall–Kier alpha value is -0.800. The zero-order chi connectivity index (χ0) is 11.3. The van der Waals surface area contributed by atoms with E-state index >= 15 is 0 Å². The topological polar surface area (TPSA) is 42.0 Å². The Bertz CT molecular complexity index is 355. The number of halogens is 2. The average molecular weight is 247 g/mol. The van der Waals surface area contributed by atoms with Gasteiger partial charge in [0.25, 0.3) is 5.91 Å². The predicted octanol–water partition coefficient (Wildman–Crippen LogP) is 2.92. The second-order valence-electron chi connectivity index (χ2n) is 3.10. The third-order valence-electron chi connectivity index (χ3n) is 1.88. The highest BCUT2D eigenvalue weighted by Gasteiger charge is 2.10. The lowest BCUT2D eigenvalue weighted by molar-refractivity contribution is 0.0953. The summed E-state index contributed by atoms with van der Waals surface area (Å²) in [5, 5.41) is 3.34. The summed E-state index contributed by atoms with van der Waals surface area (Å²) < 4.78 is 0. The SMILES string of the molecule is CCCCNC(=O)c1cc(Cl)ncc1Cl. The number of carbonyl (C=O) groups excluding carboxylic acids is 1. The minimum Gasteiger partial charge on any atom is -0.352 e. The van der Waals surface area contributed by atoms with Crippen LogP contribution in [0.1, 0.15) is 30.1 Å². The van der Waals surface area contributed by atoms with Crippen LogP contribution in [0.3, 0.4) is 0 Å². The van der Waals surface area contributed by atoms with Crippen molar-refractivity contribution in [1.29, 1.82) is 0 Å². The highest BCUT2D eigenvalue weighted by atomic mass is 35.5. The Kier molecular flexibility index (Phi) is 4.85. The number of amides is 1. The number of pyridine rings is 1. The van der Waals surface area contributed by atoms with E-state index in [4.69, 9.17) is 23.2 Å². The van der Waals surface area contributed by atoms with Crippen molar-refractivity contribution in [2.45, 2.75) is 19.8 Å². The van der Waals surface area contributed by atoms with E-state index in [9.17, 15) is 4.79 Å². The highest BCUT2D eigenvalue weighted by molar-refractivity contribution is 6.35. The van der Waals surface area contributed by atoms with Crippen LogP contribution in [0.2, 0.25) is 10.2 Å². The van der Waals surface area contributed by atoms with Crippen LogP contribution in [0.25, 0.3) is 0 Å². The third-order valence-corrected chi connectivity index (χ3v) is 2.39. The summed E-state index contributed by atoms with van der Waals surface area (Å²) in [6, 6.07) is 1.46. The lowest BCUT2D eigenvalue weighted by atomic mass is 10.2. The van der Waals surface area contributed by atoms with Gasteiger partial charge in [-0.25, -0.2) is 4.98 Å². The van der Waals surface area contributed by atoms with Crippen molar-refractivity contribution in [2.75, 3.05) is 6.54 Å². The molecule has 0 aliphatic carbocycles. The van der Waals surface area contributed by atoms with E-state index in [0.29, 0.717) is 17.1 Å². The van der Waals surface area contributed by atoms with E-state index in [1.807, 2.05) is 0 Å². The molecule has 1 N–H and O–H groups in total. The Labute approximate surface area is 98.8 Å². The van der Waals surface area contributed by atoms with Gasteiger partial charge in [0, 0.05) is 12.7 Å². The van der Waals surface area contributed by atoms with Crippen molar-refractivity contribution < 1.29 is 4.79 Å². The van der Waals surface area contributed by atoms with Gasteiger partial charge in [-0.15, -0.1) is 0 Å². The molecule has 0 saturated heterocycles. The molecule has 1 aromatic heterocycles. The largest absolute Gasteiger partial charge is 0.352 e. The molecule has 0 saturated carbocycles. The minimum atomic E-state index is -0.210. The van der Waals surface area contributed by atoms with Crippen molar-refractivity contribution in [3.05, 3.63) is 28.0 Å². The zero-order valence-electron chi connectivity index (χ0n) is 8.39. The first kappa shape index (κ1) is 12.3. The molecule has 0 aliphatic rings. The van der Waals surface area contributed by atoms with E-state index in [1.165, 1.54) is 12.3 Å². The number of hydrogen-bond donors (Lipinski definition) is 1. The molecule has 0 aromatic carbocycles. The second-order valence-corrected chi connectivity index (χ2v) is 3.89. The molecule has 0 spiro atoms. The van der Waals surface area contributed by atoms with Crippen LogP contribution in [0.15, 0.2) is 12.3 Å². The van der Waals surface area contributed by atoms with Crippen LogP contribution in [-0.2, 0) is 0 Å². The molecular formula is C10H12Cl2N2O. The summed E-state index contributed by atoms with van der Waals surface area (Å²) in [7, 11) is 0. The number of carbonyl (C=O) groups is 1. The van der Waals surface area contributed by atoms with E-state index in [0.717, 1.165) is 12.8 Å². The number of hydrogen-bond acceptors (Lipinski definition) is 2. The van der Waals surface area contributed by atoms with Gasteiger partial charge in [0.2, 0.25) is 0 Å². The fraction of sp³-hybridized carbons (Fsp3) is 0.400. The van der Waals surface area contributed by atoms with E-state index in [2.05, 4.69) is 17.2 Å².